The van der Waals surface area contributed by atoms with E-state index in [1.165, 1.54) is 0 Å². The van der Waals surface area contributed by atoms with Gasteiger partial charge in [-0.25, -0.2) is 0 Å². The lowest BCUT2D eigenvalue weighted by molar-refractivity contribution is 0.0645. The van der Waals surface area contributed by atoms with Gasteiger partial charge in [0.1, 0.15) is 11.3 Å². The molecule has 2 unspecified atom stereocenters. The molecule has 2 atom stereocenters. The maximum Gasteiger partial charge on any atom is 0.259 e. The lowest BCUT2D eigenvalue weighted by Crippen LogP contribution is -2.40. The molecule has 0 saturated carbocycles. The average Bonchev–Trinajstić information content (AvgIpc) is 2.91. The quantitative estimate of drug-likeness (QED) is 0.882. The van der Waals surface area contributed by atoms with E-state index in [1.54, 1.807) is 11.8 Å². The third-order valence-electron chi connectivity index (χ3n) is 3.81. The number of aliphatic hydroxyl groups is 1. The van der Waals surface area contributed by atoms with Gasteiger partial charge in [0.15, 0.2) is 0 Å². The van der Waals surface area contributed by atoms with Crippen LogP contribution in [0.3, 0.4) is 0 Å². The number of hydrogen-bond donors (Lipinski definition) is 1. The molecule has 0 aromatic carbocycles. The summed E-state index contributed by atoms with van der Waals surface area (Å²) in [6, 6.07) is -0.0866. The van der Waals surface area contributed by atoms with Crippen molar-refractivity contribution in [3.8, 4) is 0 Å². The molecule has 5 nitrogen and oxygen atoms in total. The summed E-state index contributed by atoms with van der Waals surface area (Å²) in [5.74, 6) is 0.839. The van der Waals surface area contributed by atoms with Crippen LogP contribution < -0.4 is 0 Å². The third kappa shape index (κ3) is 2.03. The van der Waals surface area contributed by atoms with E-state index in [0.29, 0.717) is 35.9 Å². The molecule has 1 N–H and O–H groups in total. The highest BCUT2D eigenvalue weighted by molar-refractivity contribution is 5.96. The molecule has 1 amide bonds. The van der Waals surface area contributed by atoms with E-state index in [9.17, 15) is 9.90 Å². The summed E-state index contributed by atoms with van der Waals surface area (Å²) >= 11 is 0. The van der Waals surface area contributed by atoms with E-state index in [1.807, 2.05) is 6.92 Å². The minimum atomic E-state index is -0.0866. The maximum absolute atomic E-state index is 12.5. The molecular formula is C13H20N2O3. The second-order valence-electron chi connectivity index (χ2n) is 4.93. The Morgan fingerprint density at radius 2 is 2.33 bits per heavy atom. The second-order valence-corrected chi connectivity index (χ2v) is 4.93. The zero-order valence-corrected chi connectivity index (χ0v) is 11.1. The van der Waals surface area contributed by atoms with Crippen LogP contribution in [0.5, 0.6) is 0 Å². The minimum absolute atomic E-state index is 0.0126. The van der Waals surface area contributed by atoms with E-state index in [0.717, 1.165) is 6.42 Å². The van der Waals surface area contributed by atoms with Gasteiger partial charge in [0.25, 0.3) is 5.91 Å². The Hall–Kier alpha value is -1.36. The van der Waals surface area contributed by atoms with Crippen molar-refractivity contribution in [2.24, 2.45) is 5.92 Å². The molecule has 2 rings (SSSR count). The highest BCUT2D eigenvalue weighted by Gasteiger charge is 2.36. The largest absolute Gasteiger partial charge is 0.394 e. The van der Waals surface area contributed by atoms with Gasteiger partial charge in [-0.05, 0) is 25.7 Å². The van der Waals surface area contributed by atoms with E-state index < -0.39 is 0 Å². The first-order valence-electron chi connectivity index (χ1n) is 6.47. The van der Waals surface area contributed by atoms with Crippen LogP contribution in [-0.2, 0) is 6.42 Å². The fourth-order valence-corrected chi connectivity index (χ4v) is 2.62. The Balaban J connectivity index is 2.28. The van der Waals surface area contributed by atoms with Crippen molar-refractivity contribution in [2.75, 3.05) is 13.2 Å². The third-order valence-corrected chi connectivity index (χ3v) is 3.81. The van der Waals surface area contributed by atoms with Gasteiger partial charge < -0.3 is 14.5 Å². The van der Waals surface area contributed by atoms with E-state index in [4.69, 9.17) is 4.52 Å². The molecule has 0 aliphatic carbocycles. The van der Waals surface area contributed by atoms with Gasteiger partial charge in [0, 0.05) is 6.54 Å². The first-order chi connectivity index (χ1) is 8.60. The molecule has 2 heterocycles. The van der Waals surface area contributed by atoms with Crippen LogP contribution in [0.25, 0.3) is 0 Å². The Bertz CT molecular complexity index is 441. The highest BCUT2D eigenvalue weighted by Crippen LogP contribution is 2.27. The van der Waals surface area contributed by atoms with Gasteiger partial charge in [-0.1, -0.05) is 19.0 Å². The monoisotopic (exact) mass is 252 g/mol. The number of aliphatic hydroxyl groups excluding tert-OH is 1. The molecular weight excluding hydrogens is 232 g/mol. The Kier molecular flexibility index (Phi) is 3.71. The second kappa shape index (κ2) is 5.10. The number of nitrogens with zero attached hydrogens (tertiary/aromatic N) is 2. The van der Waals surface area contributed by atoms with Gasteiger partial charge in [0.2, 0.25) is 0 Å². The molecule has 5 heteroatoms. The zero-order valence-electron chi connectivity index (χ0n) is 11.1. The summed E-state index contributed by atoms with van der Waals surface area (Å²) in [5.41, 5.74) is 1.28. The fourth-order valence-electron chi connectivity index (χ4n) is 2.62. The van der Waals surface area contributed by atoms with Crippen LogP contribution in [0.1, 0.15) is 42.1 Å². The van der Waals surface area contributed by atoms with E-state index >= 15 is 0 Å². The molecule has 1 aliphatic rings. The summed E-state index contributed by atoms with van der Waals surface area (Å²) in [6.45, 7) is 6.48. The molecule has 0 spiro atoms. The Morgan fingerprint density at radius 1 is 1.61 bits per heavy atom. The maximum atomic E-state index is 12.5. The fraction of sp³-hybridized carbons (Fsp3) is 0.692. The summed E-state index contributed by atoms with van der Waals surface area (Å²) in [4.78, 5) is 14.3. The molecule has 0 radical (unpaired) electrons. The topological polar surface area (TPSA) is 66.6 Å². The van der Waals surface area contributed by atoms with Crippen LogP contribution in [0.4, 0.5) is 0 Å². The van der Waals surface area contributed by atoms with Crippen LogP contribution in [-0.4, -0.2) is 40.3 Å². The SMILES string of the molecule is CCc1noc(C)c1C(=O)N1CCC(C)C1CO. The summed E-state index contributed by atoms with van der Waals surface area (Å²) in [7, 11) is 0. The van der Waals surface area contributed by atoms with E-state index in [-0.39, 0.29) is 18.6 Å². The number of likely N-dealkylation sites (tertiary alicyclic amines) is 1. The lowest BCUT2D eigenvalue weighted by Gasteiger charge is -2.25. The molecule has 1 saturated heterocycles. The molecule has 1 aliphatic heterocycles. The number of carbonyl (C=O) groups excluding carboxylic acids is 1. The highest BCUT2D eigenvalue weighted by atomic mass is 16.5. The standard InChI is InChI=1S/C13H20N2O3/c1-4-10-12(9(3)18-14-10)13(17)15-6-5-8(2)11(15)7-16/h8,11,16H,4-7H2,1-3H3. The zero-order chi connectivity index (χ0) is 13.3. The number of carbonyl (C=O) groups is 1. The summed E-state index contributed by atoms with van der Waals surface area (Å²) in [5, 5.41) is 13.3. The van der Waals surface area contributed by atoms with Crippen molar-refractivity contribution in [3.63, 3.8) is 0 Å². The minimum Gasteiger partial charge on any atom is -0.394 e. The summed E-state index contributed by atoms with van der Waals surface area (Å²) in [6.07, 6.45) is 1.61. The van der Waals surface area contributed by atoms with Crippen molar-refractivity contribution in [3.05, 3.63) is 17.0 Å². The molecule has 100 valence electrons. The average molecular weight is 252 g/mol. The van der Waals surface area contributed by atoms with Crippen molar-refractivity contribution in [1.82, 2.24) is 10.1 Å². The predicted octanol–water partition coefficient (Wildman–Crippen LogP) is 1.39. The lowest BCUT2D eigenvalue weighted by atomic mass is 10.0. The predicted molar refractivity (Wildman–Crippen MR) is 66.3 cm³/mol. The molecule has 1 aromatic heterocycles. The first kappa shape index (κ1) is 13.1. The number of amides is 1. The number of hydrogen-bond acceptors (Lipinski definition) is 4. The van der Waals surface area contributed by atoms with Crippen molar-refractivity contribution < 1.29 is 14.4 Å². The molecule has 1 aromatic rings. The molecule has 1 fully saturated rings. The number of aromatic nitrogens is 1. The van der Waals surface area contributed by atoms with Crippen molar-refractivity contribution in [1.29, 1.82) is 0 Å². The van der Waals surface area contributed by atoms with Crippen LogP contribution >= 0.6 is 0 Å². The molecule has 18 heavy (non-hydrogen) atoms. The van der Waals surface area contributed by atoms with Crippen LogP contribution in [0.2, 0.25) is 0 Å². The first-order valence-corrected chi connectivity index (χ1v) is 6.47. The summed E-state index contributed by atoms with van der Waals surface area (Å²) < 4.78 is 5.10. The van der Waals surface area contributed by atoms with Gasteiger partial charge >= 0.3 is 0 Å². The molecule has 0 bridgehead atoms. The van der Waals surface area contributed by atoms with Gasteiger partial charge in [-0.15, -0.1) is 0 Å². The Morgan fingerprint density at radius 3 is 2.94 bits per heavy atom. The van der Waals surface area contributed by atoms with Gasteiger partial charge in [-0.3, -0.25) is 4.79 Å². The number of rotatable bonds is 3. The van der Waals surface area contributed by atoms with Gasteiger partial charge in [-0.2, -0.15) is 0 Å². The van der Waals surface area contributed by atoms with Crippen molar-refractivity contribution >= 4 is 5.91 Å². The Labute approximate surface area is 107 Å². The van der Waals surface area contributed by atoms with E-state index in [2.05, 4.69) is 12.1 Å². The normalized spacial score (nSPS) is 23.7. The van der Waals surface area contributed by atoms with Gasteiger partial charge in [0.05, 0.1) is 18.3 Å². The van der Waals surface area contributed by atoms with Crippen LogP contribution in [0.15, 0.2) is 4.52 Å². The smallest absolute Gasteiger partial charge is 0.259 e. The van der Waals surface area contributed by atoms with Crippen LogP contribution in [0, 0.1) is 12.8 Å². The number of aryl methyl sites for hydroxylation is 2. The van der Waals surface area contributed by atoms with Crippen molar-refractivity contribution in [2.45, 2.75) is 39.7 Å².